The fraction of sp³-hybridized carbons (Fsp3) is 0.250. The first-order valence-electron chi connectivity index (χ1n) is 13.5. The molecule has 5 aromatic rings. The zero-order valence-corrected chi connectivity index (χ0v) is 22.1. The van der Waals surface area contributed by atoms with Gasteiger partial charge in [-0.2, -0.15) is 0 Å². The predicted molar refractivity (Wildman–Crippen MR) is 153 cm³/mol. The molecule has 0 radical (unpaired) electrons. The summed E-state index contributed by atoms with van der Waals surface area (Å²) in [4.78, 5) is 20.3. The van der Waals surface area contributed by atoms with Gasteiger partial charge in [0.2, 0.25) is 0 Å². The summed E-state index contributed by atoms with van der Waals surface area (Å²) in [6, 6.07) is 24.6. The number of carbonyl (C=O) groups is 1. The zero-order chi connectivity index (χ0) is 26.8. The molecule has 39 heavy (non-hydrogen) atoms. The normalized spacial score (nSPS) is 16.5. The molecular formula is C32H33N5O2. The van der Waals surface area contributed by atoms with Crippen LogP contribution in [0, 0.1) is 0 Å². The lowest BCUT2D eigenvalue weighted by Crippen LogP contribution is -2.52. The molecule has 1 saturated heterocycles. The van der Waals surface area contributed by atoms with Crippen molar-refractivity contribution in [3.8, 4) is 11.1 Å². The summed E-state index contributed by atoms with van der Waals surface area (Å²) in [6.07, 6.45) is 7.22. The Bertz CT molecular complexity index is 1580. The SMILES string of the molecule is CC1CNCCN1C(=O)c1cn(Cc2cncn2C(O)Cc2ccccc2)cc1-c1cccc2ccccc12. The van der Waals surface area contributed by atoms with Crippen LogP contribution in [-0.2, 0) is 13.0 Å². The van der Waals surface area contributed by atoms with Crippen LogP contribution >= 0.6 is 0 Å². The third kappa shape index (κ3) is 5.11. The Hall–Kier alpha value is -4.20. The highest BCUT2D eigenvalue weighted by Gasteiger charge is 2.28. The maximum absolute atomic E-state index is 14.0. The van der Waals surface area contributed by atoms with Gasteiger partial charge in [0.25, 0.3) is 5.91 Å². The van der Waals surface area contributed by atoms with Crippen molar-refractivity contribution in [3.63, 3.8) is 0 Å². The van der Waals surface area contributed by atoms with E-state index in [1.54, 1.807) is 12.5 Å². The number of amides is 1. The van der Waals surface area contributed by atoms with Gasteiger partial charge in [0.1, 0.15) is 6.23 Å². The van der Waals surface area contributed by atoms with Gasteiger partial charge in [0, 0.05) is 50.1 Å². The van der Waals surface area contributed by atoms with Crippen molar-refractivity contribution in [1.29, 1.82) is 0 Å². The van der Waals surface area contributed by atoms with Crippen molar-refractivity contribution in [2.45, 2.75) is 32.2 Å². The summed E-state index contributed by atoms with van der Waals surface area (Å²) in [5.41, 5.74) is 4.57. The average molecular weight is 520 g/mol. The molecule has 7 heteroatoms. The fourth-order valence-corrected chi connectivity index (χ4v) is 5.58. The number of hydrogen-bond donors (Lipinski definition) is 2. The van der Waals surface area contributed by atoms with Crippen LogP contribution in [-0.4, -0.2) is 55.7 Å². The molecule has 2 unspecified atom stereocenters. The summed E-state index contributed by atoms with van der Waals surface area (Å²) >= 11 is 0. The Balaban J connectivity index is 1.37. The molecule has 0 bridgehead atoms. The minimum atomic E-state index is -0.735. The highest BCUT2D eigenvalue weighted by Crippen LogP contribution is 2.33. The van der Waals surface area contributed by atoms with E-state index in [0.29, 0.717) is 25.1 Å². The first-order chi connectivity index (χ1) is 19.1. The Morgan fingerprint density at radius 3 is 2.67 bits per heavy atom. The van der Waals surface area contributed by atoms with Crippen molar-refractivity contribution >= 4 is 16.7 Å². The monoisotopic (exact) mass is 519 g/mol. The van der Waals surface area contributed by atoms with Crippen LogP contribution in [0.4, 0.5) is 0 Å². The number of aromatic nitrogens is 3. The topological polar surface area (TPSA) is 75.3 Å². The van der Waals surface area contributed by atoms with Crippen molar-refractivity contribution in [2.75, 3.05) is 19.6 Å². The van der Waals surface area contributed by atoms with Crippen LogP contribution in [0.1, 0.15) is 34.8 Å². The van der Waals surface area contributed by atoms with Crippen LogP contribution in [0.2, 0.25) is 0 Å². The maximum atomic E-state index is 14.0. The van der Waals surface area contributed by atoms with Gasteiger partial charge in [-0.05, 0) is 28.8 Å². The van der Waals surface area contributed by atoms with E-state index in [1.807, 2.05) is 68.8 Å². The predicted octanol–water partition coefficient (Wildman–Crippen LogP) is 4.72. The van der Waals surface area contributed by atoms with Crippen molar-refractivity contribution in [2.24, 2.45) is 0 Å². The van der Waals surface area contributed by atoms with Gasteiger partial charge >= 0.3 is 0 Å². The number of nitrogens with zero attached hydrogens (tertiary/aromatic N) is 4. The molecule has 7 nitrogen and oxygen atoms in total. The second kappa shape index (κ2) is 10.9. The van der Waals surface area contributed by atoms with Gasteiger partial charge in [0.15, 0.2) is 0 Å². The van der Waals surface area contributed by atoms with E-state index in [9.17, 15) is 9.90 Å². The molecule has 1 aliphatic heterocycles. The van der Waals surface area contributed by atoms with E-state index in [-0.39, 0.29) is 11.9 Å². The number of fused-ring (bicyclic) bond motifs is 1. The number of benzene rings is 3. The second-order valence-corrected chi connectivity index (χ2v) is 10.3. The third-order valence-corrected chi connectivity index (χ3v) is 7.63. The van der Waals surface area contributed by atoms with E-state index < -0.39 is 6.23 Å². The van der Waals surface area contributed by atoms with Crippen molar-refractivity contribution in [1.82, 2.24) is 24.3 Å². The van der Waals surface area contributed by atoms with E-state index in [0.717, 1.165) is 46.2 Å². The van der Waals surface area contributed by atoms with Crippen LogP contribution in [0.15, 0.2) is 97.7 Å². The third-order valence-electron chi connectivity index (χ3n) is 7.63. The Labute approximate surface area is 228 Å². The number of carbonyl (C=O) groups excluding carboxylic acids is 1. The minimum absolute atomic E-state index is 0.0447. The molecule has 2 atom stereocenters. The number of imidazole rings is 1. The second-order valence-electron chi connectivity index (χ2n) is 10.3. The van der Waals surface area contributed by atoms with E-state index in [4.69, 9.17) is 0 Å². The molecule has 1 amide bonds. The molecule has 1 fully saturated rings. The van der Waals surface area contributed by atoms with Gasteiger partial charge in [-0.25, -0.2) is 4.98 Å². The van der Waals surface area contributed by atoms with Gasteiger partial charge in [-0.15, -0.1) is 0 Å². The zero-order valence-electron chi connectivity index (χ0n) is 22.1. The Morgan fingerprint density at radius 1 is 1.03 bits per heavy atom. The van der Waals surface area contributed by atoms with E-state index in [2.05, 4.69) is 47.7 Å². The highest BCUT2D eigenvalue weighted by atomic mass is 16.3. The first-order valence-corrected chi connectivity index (χ1v) is 13.5. The quantitative estimate of drug-likeness (QED) is 0.326. The smallest absolute Gasteiger partial charge is 0.256 e. The lowest BCUT2D eigenvalue weighted by molar-refractivity contribution is 0.0656. The molecule has 6 rings (SSSR count). The number of aliphatic hydroxyl groups is 1. The number of nitrogens with one attached hydrogen (secondary N) is 1. The molecule has 2 N–H and O–H groups in total. The molecule has 198 valence electrons. The number of hydrogen-bond acceptors (Lipinski definition) is 4. The first kappa shape index (κ1) is 25.1. The maximum Gasteiger partial charge on any atom is 0.256 e. The number of rotatable bonds is 7. The molecule has 0 saturated carbocycles. The molecule has 1 aliphatic rings. The molecule has 0 aliphatic carbocycles. The fourth-order valence-electron chi connectivity index (χ4n) is 5.58. The summed E-state index contributed by atoms with van der Waals surface area (Å²) in [5.74, 6) is 0.0447. The number of piperazine rings is 1. The van der Waals surface area contributed by atoms with Crippen molar-refractivity contribution in [3.05, 3.63) is 115 Å². The molecule has 3 heterocycles. The molecule has 0 spiro atoms. The van der Waals surface area contributed by atoms with Gasteiger partial charge < -0.3 is 24.5 Å². The van der Waals surface area contributed by atoms with Gasteiger partial charge in [0.05, 0.1) is 30.3 Å². The Kier molecular flexibility index (Phi) is 7.00. The summed E-state index contributed by atoms with van der Waals surface area (Å²) in [6.45, 7) is 4.82. The van der Waals surface area contributed by atoms with Crippen LogP contribution in [0.5, 0.6) is 0 Å². The van der Waals surface area contributed by atoms with Crippen LogP contribution in [0.25, 0.3) is 21.9 Å². The standard InChI is InChI=1S/C32H33N5O2/c1-23-17-33-14-15-36(23)32(39)30-21-35(20-29(30)28-13-7-11-25-10-5-6-12-27(25)28)19-26-18-34-22-37(26)31(38)16-24-8-3-2-4-9-24/h2-13,18,20-23,31,33,38H,14-17,19H2,1H3. The van der Waals surface area contributed by atoms with Crippen LogP contribution in [0.3, 0.4) is 0 Å². The lowest BCUT2D eigenvalue weighted by Gasteiger charge is -2.34. The molecule has 3 aromatic carbocycles. The highest BCUT2D eigenvalue weighted by molar-refractivity contribution is 6.06. The summed E-state index contributed by atoms with van der Waals surface area (Å²) in [7, 11) is 0. The van der Waals surface area contributed by atoms with E-state index >= 15 is 0 Å². The van der Waals surface area contributed by atoms with Gasteiger partial charge in [-0.3, -0.25) is 4.79 Å². The lowest BCUT2D eigenvalue weighted by atomic mass is 9.97. The molecule has 2 aromatic heterocycles. The average Bonchev–Trinajstić information content (AvgIpc) is 3.61. The summed E-state index contributed by atoms with van der Waals surface area (Å²) in [5, 5.41) is 16.6. The minimum Gasteiger partial charge on any atom is -0.373 e. The van der Waals surface area contributed by atoms with Gasteiger partial charge in [-0.1, -0.05) is 72.8 Å². The largest absolute Gasteiger partial charge is 0.373 e. The van der Waals surface area contributed by atoms with Crippen molar-refractivity contribution < 1.29 is 9.90 Å². The molecular weight excluding hydrogens is 486 g/mol. The van der Waals surface area contributed by atoms with E-state index in [1.165, 1.54) is 0 Å². The Morgan fingerprint density at radius 2 is 1.82 bits per heavy atom. The number of aliphatic hydroxyl groups excluding tert-OH is 1. The summed E-state index contributed by atoms with van der Waals surface area (Å²) < 4.78 is 3.85. The van der Waals surface area contributed by atoms with Crippen LogP contribution < -0.4 is 5.32 Å².